The summed E-state index contributed by atoms with van der Waals surface area (Å²) in [6.07, 6.45) is 5.12. The van der Waals surface area contributed by atoms with E-state index >= 15 is 0 Å². The second kappa shape index (κ2) is 4.52. The van der Waals surface area contributed by atoms with Crippen molar-refractivity contribution >= 4 is 0 Å². The molecule has 0 bridgehead atoms. The molecule has 1 heterocycles. The van der Waals surface area contributed by atoms with E-state index in [1.807, 2.05) is 0 Å². The highest BCUT2D eigenvalue weighted by Crippen LogP contribution is 2.38. The van der Waals surface area contributed by atoms with Crippen LogP contribution in [0.4, 0.5) is 0 Å². The van der Waals surface area contributed by atoms with Crippen molar-refractivity contribution in [2.45, 2.75) is 89.2 Å². The van der Waals surface area contributed by atoms with Crippen molar-refractivity contribution in [2.75, 3.05) is 0 Å². The molecule has 0 amide bonds. The lowest BCUT2D eigenvalue weighted by Crippen LogP contribution is -2.49. The fraction of sp³-hybridized carbons (Fsp3) is 1.00. The molecule has 3 heteroatoms. The summed E-state index contributed by atoms with van der Waals surface area (Å²) in [6, 6.07) is 0.855. The Morgan fingerprint density at radius 2 is 1.88 bits per heavy atom. The molecule has 2 N–H and O–H groups in total. The van der Waals surface area contributed by atoms with E-state index < -0.39 is 0 Å². The average molecular weight is 241 g/mol. The fourth-order valence-electron chi connectivity index (χ4n) is 3.42. The van der Waals surface area contributed by atoms with E-state index in [2.05, 4.69) is 33.0 Å². The standard InChI is InChI=1S/C14H27NO2/c1-13(2)9-12(14(3,4)17-13)15-10-6-5-7-11(16)8-10/h10-12,15-16H,5-9H2,1-4H3. The number of aliphatic hydroxyl groups excluding tert-OH is 1. The molecular formula is C14H27NO2. The van der Waals surface area contributed by atoms with Gasteiger partial charge in [0.05, 0.1) is 17.3 Å². The van der Waals surface area contributed by atoms with Gasteiger partial charge in [0.2, 0.25) is 0 Å². The molecule has 3 nitrogen and oxygen atoms in total. The maximum absolute atomic E-state index is 9.72. The highest BCUT2D eigenvalue weighted by molar-refractivity contribution is 5.00. The van der Waals surface area contributed by atoms with Crippen molar-refractivity contribution in [3.05, 3.63) is 0 Å². The van der Waals surface area contributed by atoms with Gasteiger partial charge >= 0.3 is 0 Å². The molecule has 3 unspecified atom stereocenters. The molecule has 2 fully saturated rings. The second-order valence-electron chi connectivity index (χ2n) is 6.91. The number of nitrogens with one attached hydrogen (secondary N) is 1. The van der Waals surface area contributed by atoms with E-state index in [1.165, 1.54) is 6.42 Å². The van der Waals surface area contributed by atoms with Gasteiger partial charge in [0.15, 0.2) is 0 Å². The number of hydrogen-bond donors (Lipinski definition) is 2. The van der Waals surface area contributed by atoms with E-state index in [9.17, 15) is 5.11 Å². The summed E-state index contributed by atoms with van der Waals surface area (Å²) in [5.41, 5.74) is -0.139. The minimum absolute atomic E-state index is 0.0333. The van der Waals surface area contributed by atoms with Crippen LogP contribution in [0, 0.1) is 0 Å². The van der Waals surface area contributed by atoms with Gasteiger partial charge < -0.3 is 15.2 Å². The molecule has 3 atom stereocenters. The van der Waals surface area contributed by atoms with E-state index in [0.717, 1.165) is 25.7 Å². The van der Waals surface area contributed by atoms with Crippen molar-refractivity contribution in [3.8, 4) is 0 Å². The Morgan fingerprint density at radius 1 is 1.18 bits per heavy atom. The zero-order valence-electron chi connectivity index (χ0n) is 11.6. The van der Waals surface area contributed by atoms with Gasteiger partial charge in [-0.3, -0.25) is 0 Å². The van der Waals surface area contributed by atoms with E-state index in [4.69, 9.17) is 4.74 Å². The highest BCUT2D eigenvalue weighted by Gasteiger charge is 2.46. The Kier molecular flexibility index (Phi) is 3.54. The van der Waals surface area contributed by atoms with Gasteiger partial charge in [0, 0.05) is 12.1 Å². The van der Waals surface area contributed by atoms with Crippen LogP contribution in [0.2, 0.25) is 0 Å². The third kappa shape index (κ3) is 3.21. The predicted molar refractivity (Wildman–Crippen MR) is 69.0 cm³/mol. The lowest BCUT2D eigenvalue weighted by atomic mass is 9.89. The molecule has 0 spiro atoms. The number of aliphatic hydroxyl groups is 1. The zero-order chi connectivity index (χ0) is 12.7. The second-order valence-corrected chi connectivity index (χ2v) is 6.91. The van der Waals surface area contributed by atoms with Gasteiger partial charge in [-0.25, -0.2) is 0 Å². The van der Waals surface area contributed by atoms with Gasteiger partial charge in [0.1, 0.15) is 0 Å². The van der Waals surface area contributed by atoms with Crippen LogP contribution in [-0.4, -0.2) is 34.5 Å². The minimum atomic E-state index is -0.111. The number of rotatable bonds is 2. The summed E-state index contributed by atoms with van der Waals surface area (Å²) in [7, 11) is 0. The third-order valence-corrected chi connectivity index (χ3v) is 4.16. The molecule has 1 saturated carbocycles. The molecule has 0 aromatic rings. The normalized spacial score (nSPS) is 40.4. The third-order valence-electron chi connectivity index (χ3n) is 4.16. The van der Waals surface area contributed by atoms with Crippen LogP contribution >= 0.6 is 0 Å². The smallest absolute Gasteiger partial charge is 0.0787 e. The molecule has 2 aliphatic rings. The highest BCUT2D eigenvalue weighted by atomic mass is 16.5. The van der Waals surface area contributed by atoms with Crippen molar-refractivity contribution in [3.63, 3.8) is 0 Å². The monoisotopic (exact) mass is 241 g/mol. The summed E-state index contributed by atoms with van der Waals surface area (Å²) in [4.78, 5) is 0. The average Bonchev–Trinajstić information content (AvgIpc) is 2.34. The Balaban J connectivity index is 1.94. The first-order valence-corrected chi connectivity index (χ1v) is 6.93. The van der Waals surface area contributed by atoms with Gasteiger partial charge in [0.25, 0.3) is 0 Å². The first-order valence-electron chi connectivity index (χ1n) is 6.93. The molecule has 1 aliphatic carbocycles. The maximum atomic E-state index is 9.72. The van der Waals surface area contributed by atoms with Crippen molar-refractivity contribution in [1.82, 2.24) is 5.32 Å². The molecule has 2 rings (SSSR count). The Labute approximate surface area is 105 Å². The van der Waals surface area contributed by atoms with Crippen LogP contribution in [0.15, 0.2) is 0 Å². The van der Waals surface area contributed by atoms with Gasteiger partial charge in [-0.15, -0.1) is 0 Å². The van der Waals surface area contributed by atoms with Gasteiger partial charge in [-0.05, 0) is 59.8 Å². The molecule has 0 aromatic carbocycles. The van der Waals surface area contributed by atoms with E-state index in [0.29, 0.717) is 12.1 Å². The lowest BCUT2D eigenvalue weighted by molar-refractivity contribution is -0.0710. The molecule has 17 heavy (non-hydrogen) atoms. The van der Waals surface area contributed by atoms with Crippen LogP contribution in [0.1, 0.15) is 59.8 Å². The van der Waals surface area contributed by atoms with Gasteiger partial charge in [-0.2, -0.15) is 0 Å². The zero-order valence-corrected chi connectivity index (χ0v) is 11.6. The number of hydrogen-bond acceptors (Lipinski definition) is 3. The van der Waals surface area contributed by atoms with Gasteiger partial charge in [-0.1, -0.05) is 0 Å². The van der Waals surface area contributed by atoms with Crippen LogP contribution in [0.3, 0.4) is 0 Å². The first kappa shape index (κ1) is 13.3. The maximum Gasteiger partial charge on any atom is 0.0787 e. The summed E-state index contributed by atoms with van der Waals surface area (Å²) in [5.74, 6) is 0. The van der Waals surface area contributed by atoms with Crippen molar-refractivity contribution in [1.29, 1.82) is 0 Å². The predicted octanol–water partition coefficient (Wildman–Crippen LogP) is 2.23. The van der Waals surface area contributed by atoms with Crippen LogP contribution in [0.25, 0.3) is 0 Å². The van der Waals surface area contributed by atoms with Crippen LogP contribution in [0.5, 0.6) is 0 Å². The Morgan fingerprint density at radius 3 is 2.41 bits per heavy atom. The van der Waals surface area contributed by atoms with E-state index in [-0.39, 0.29) is 17.3 Å². The summed E-state index contributed by atoms with van der Waals surface area (Å²) < 4.78 is 6.09. The number of ether oxygens (including phenoxy) is 1. The van der Waals surface area contributed by atoms with E-state index in [1.54, 1.807) is 0 Å². The minimum Gasteiger partial charge on any atom is -0.393 e. The lowest BCUT2D eigenvalue weighted by Gasteiger charge is -2.34. The summed E-state index contributed by atoms with van der Waals surface area (Å²) in [5, 5.41) is 13.4. The molecule has 1 saturated heterocycles. The van der Waals surface area contributed by atoms with Crippen LogP contribution in [-0.2, 0) is 4.74 Å². The van der Waals surface area contributed by atoms with Crippen molar-refractivity contribution in [2.24, 2.45) is 0 Å². The molecule has 0 aromatic heterocycles. The largest absolute Gasteiger partial charge is 0.393 e. The quantitative estimate of drug-likeness (QED) is 0.779. The molecular weight excluding hydrogens is 214 g/mol. The Bertz CT molecular complexity index is 275. The first-order chi connectivity index (χ1) is 7.78. The SMILES string of the molecule is CC1(C)CC(NC2CCCC(O)C2)C(C)(C)O1. The molecule has 0 radical (unpaired) electrons. The molecule has 100 valence electrons. The van der Waals surface area contributed by atoms with Crippen LogP contribution < -0.4 is 5.32 Å². The Hall–Kier alpha value is -0.120. The summed E-state index contributed by atoms with van der Waals surface area (Å²) in [6.45, 7) is 8.65. The summed E-state index contributed by atoms with van der Waals surface area (Å²) >= 11 is 0. The molecule has 1 aliphatic heterocycles. The fourth-order valence-corrected chi connectivity index (χ4v) is 3.42. The topological polar surface area (TPSA) is 41.5 Å². The van der Waals surface area contributed by atoms with Crippen molar-refractivity contribution < 1.29 is 9.84 Å².